The highest BCUT2D eigenvalue weighted by molar-refractivity contribution is 6.37. The average molecular weight is 359 g/mol. The van der Waals surface area contributed by atoms with E-state index in [0.29, 0.717) is 32.9 Å². The molecule has 0 radical (unpaired) electrons. The number of hydrogen-bond donors (Lipinski definition) is 0. The Morgan fingerprint density at radius 3 is 2.32 bits per heavy atom. The zero-order valence-electron chi connectivity index (χ0n) is 12.1. The van der Waals surface area contributed by atoms with Gasteiger partial charge in [-0.1, -0.05) is 46.9 Å². The third-order valence-electron chi connectivity index (χ3n) is 3.10. The van der Waals surface area contributed by atoms with Crippen LogP contribution in [0, 0.1) is 0 Å². The summed E-state index contributed by atoms with van der Waals surface area (Å²) in [5, 5.41) is 1.23. The minimum atomic E-state index is -0.188. The second-order valence-corrected chi connectivity index (χ2v) is 6.02. The first kappa shape index (κ1) is 16.9. The Kier molecular flexibility index (Phi) is 5.57. The highest BCUT2D eigenvalue weighted by Gasteiger charge is 2.17. The minimum absolute atomic E-state index is 0.188. The number of methoxy groups -OCH3 is 1. The van der Waals surface area contributed by atoms with Crippen molar-refractivity contribution in [2.45, 2.75) is 6.54 Å². The van der Waals surface area contributed by atoms with Crippen LogP contribution in [0.25, 0.3) is 0 Å². The van der Waals surface area contributed by atoms with Crippen LogP contribution in [0.3, 0.4) is 0 Å². The maximum Gasteiger partial charge on any atom is 0.254 e. The van der Waals surface area contributed by atoms with E-state index in [1.807, 2.05) is 18.2 Å². The molecule has 6 heteroatoms. The molecule has 0 N–H and O–H groups in total. The fourth-order valence-electron chi connectivity index (χ4n) is 2.08. The van der Waals surface area contributed by atoms with Crippen molar-refractivity contribution in [1.82, 2.24) is 4.90 Å². The molecular weight excluding hydrogens is 345 g/mol. The number of ether oxygens (including phenoxy) is 1. The lowest BCUT2D eigenvalue weighted by Gasteiger charge is -2.18. The normalized spacial score (nSPS) is 10.4. The van der Waals surface area contributed by atoms with E-state index in [1.54, 1.807) is 30.1 Å². The number of carbonyl (C=O) groups is 1. The Bertz CT molecular complexity index is 681. The molecule has 0 aromatic heterocycles. The van der Waals surface area contributed by atoms with Gasteiger partial charge in [0, 0.05) is 24.2 Å². The summed E-state index contributed by atoms with van der Waals surface area (Å²) in [6.07, 6.45) is 0. The lowest BCUT2D eigenvalue weighted by atomic mass is 10.1. The minimum Gasteiger partial charge on any atom is -0.494 e. The highest BCUT2D eigenvalue weighted by atomic mass is 35.5. The first-order chi connectivity index (χ1) is 10.4. The smallest absolute Gasteiger partial charge is 0.254 e. The Labute approximate surface area is 144 Å². The molecule has 0 bridgehead atoms. The van der Waals surface area contributed by atoms with Crippen molar-refractivity contribution in [3.05, 3.63) is 62.6 Å². The van der Waals surface area contributed by atoms with Crippen LogP contribution >= 0.6 is 34.8 Å². The van der Waals surface area contributed by atoms with Gasteiger partial charge >= 0.3 is 0 Å². The molecule has 116 valence electrons. The summed E-state index contributed by atoms with van der Waals surface area (Å²) < 4.78 is 5.08. The van der Waals surface area contributed by atoms with Crippen molar-refractivity contribution < 1.29 is 9.53 Å². The van der Waals surface area contributed by atoms with Crippen molar-refractivity contribution in [2.75, 3.05) is 14.2 Å². The van der Waals surface area contributed by atoms with Crippen LogP contribution in [0.5, 0.6) is 5.75 Å². The van der Waals surface area contributed by atoms with Crippen LogP contribution in [0.2, 0.25) is 15.1 Å². The van der Waals surface area contributed by atoms with Crippen molar-refractivity contribution in [2.24, 2.45) is 0 Å². The average Bonchev–Trinajstić information content (AvgIpc) is 2.46. The Balaban J connectivity index is 2.20. The van der Waals surface area contributed by atoms with Crippen LogP contribution in [-0.2, 0) is 6.54 Å². The second-order valence-electron chi connectivity index (χ2n) is 4.76. The Morgan fingerprint density at radius 2 is 1.77 bits per heavy atom. The monoisotopic (exact) mass is 357 g/mol. The van der Waals surface area contributed by atoms with Gasteiger partial charge in [-0.3, -0.25) is 4.79 Å². The van der Waals surface area contributed by atoms with Crippen LogP contribution in [0.1, 0.15) is 15.9 Å². The van der Waals surface area contributed by atoms with Gasteiger partial charge in [-0.05, 0) is 29.8 Å². The van der Waals surface area contributed by atoms with Gasteiger partial charge in [-0.2, -0.15) is 0 Å². The van der Waals surface area contributed by atoms with Crippen molar-refractivity contribution in [3.8, 4) is 5.75 Å². The van der Waals surface area contributed by atoms with Gasteiger partial charge < -0.3 is 9.64 Å². The van der Waals surface area contributed by atoms with E-state index in [4.69, 9.17) is 39.5 Å². The van der Waals surface area contributed by atoms with Crippen LogP contribution < -0.4 is 4.74 Å². The van der Waals surface area contributed by atoms with E-state index in [0.717, 1.165) is 5.56 Å². The summed E-state index contributed by atoms with van der Waals surface area (Å²) >= 11 is 18.1. The van der Waals surface area contributed by atoms with Gasteiger partial charge in [0.25, 0.3) is 5.91 Å². The fraction of sp³-hybridized carbons (Fsp3) is 0.188. The number of hydrogen-bond acceptors (Lipinski definition) is 2. The molecule has 0 aliphatic carbocycles. The summed E-state index contributed by atoms with van der Waals surface area (Å²) in [6, 6.07) is 10.4. The third-order valence-corrected chi connectivity index (χ3v) is 3.90. The largest absolute Gasteiger partial charge is 0.494 e. The summed E-state index contributed by atoms with van der Waals surface area (Å²) in [4.78, 5) is 14.0. The predicted molar refractivity (Wildman–Crippen MR) is 90.3 cm³/mol. The van der Waals surface area contributed by atoms with Gasteiger partial charge in [-0.25, -0.2) is 0 Å². The standard InChI is InChI=1S/C16H14Cl3NO2/c1-20(9-10-4-3-5-12(17)6-10)16(21)11-7-13(18)15(22-2)14(19)8-11/h3-8H,9H2,1-2H3. The van der Waals surface area contributed by atoms with E-state index >= 15 is 0 Å². The van der Waals surface area contributed by atoms with Crippen molar-refractivity contribution in [3.63, 3.8) is 0 Å². The molecule has 0 fully saturated rings. The third kappa shape index (κ3) is 3.86. The molecule has 3 nitrogen and oxygen atoms in total. The fourth-order valence-corrected chi connectivity index (χ4v) is 2.93. The summed E-state index contributed by atoms with van der Waals surface area (Å²) in [7, 11) is 3.18. The van der Waals surface area contributed by atoms with E-state index < -0.39 is 0 Å². The Morgan fingerprint density at radius 1 is 1.14 bits per heavy atom. The van der Waals surface area contributed by atoms with E-state index in [-0.39, 0.29) is 5.91 Å². The number of rotatable bonds is 4. The molecule has 0 heterocycles. The van der Waals surface area contributed by atoms with Crippen LogP contribution in [-0.4, -0.2) is 25.0 Å². The van der Waals surface area contributed by atoms with Gasteiger partial charge in [0.05, 0.1) is 17.2 Å². The molecule has 2 rings (SSSR count). The SMILES string of the molecule is COc1c(Cl)cc(C(=O)N(C)Cc2cccc(Cl)c2)cc1Cl. The first-order valence-corrected chi connectivity index (χ1v) is 7.58. The van der Waals surface area contributed by atoms with E-state index in [9.17, 15) is 4.79 Å². The molecule has 2 aromatic carbocycles. The van der Waals surface area contributed by atoms with Crippen LogP contribution in [0.15, 0.2) is 36.4 Å². The topological polar surface area (TPSA) is 29.5 Å². The zero-order valence-corrected chi connectivity index (χ0v) is 14.3. The van der Waals surface area contributed by atoms with Crippen molar-refractivity contribution >= 4 is 40.7 Å². The summed E-state index contributed by atoms with van der Waals surface area (Å²) in [6.45, 7) is 0.431. The highest BCUT2D eigenvalue weighted by Crippen LogP contribution is 2.34. The number of benzene rings is 2. The van der Waals surface area contributed by atoms with Crippen molar-refractivity contribution in [1.29, 1.82) is 0 Å². The molecule has 2 aromatic rings. The molecular formula is C16H14Cl3NO2. The molecule has 1 amide bonds. The predicted octanol–water partition coefficient (Wildman–Crippen LogP) is 4.93. The number of nitrogens with zero attached hydrogens (tertiary/aromatic N) is 1. The molecule has 0 spiro atoms. The number of halogens is 3. The second kappa shape index (κ2) is 7.23. The quantitative estimate of drug-likeness (QED) is 0.775. The molecule has 0 aliphatic rings. The van der Waals surface area contributed by atoms with Gasteiger partial charge in [0.1, 0.15) is 0 Å². The first-order valence-electron chi connectivity index (χ1n) is 6.45. The summed E-state index contributed by atoms with van der Waals surface area (Å²) in [5.41, 5.74) is 1.34. The van der Waals surface area contributed by atoms with Crippen LogP contribution in [0.4, 0.5) is 0 Å². The maximum absolute atomic E-state index is 12.5. The lowest BCUT2D eigenvalue weighted by Crippen LogP contribution is -2.26. The van der Waals surface area contributed by atoms with E-state index in [1.165, 1.54) is 7.11 Å². The summed E-state index contributed by atoms with van der Waals surface area (Å²) in [5.74, 6) is 0.170. The number of amides is 1. The van der Waals surface area contributed by atoms with E-state index in [2.05, 4.69) is 0 Å². The van der Waals surface area contributed by atoms with Gasteiger partial charge in [0.2, 0.25) is 0 Å². The Hall–Kier alpha value is -1.42. The zero-order chi connectivity index (χ0) is 16.3. The molecule has 0 atom stereocenters. The van der Waals surface area contributed by atoms with Gasteiger partial charge in [-0.15, -0.1) is 0 Å². The molecule has 22 heavy (non-hydrogen) atoms. The molecule has 0 saturated carbocycles. The number of carbonyl (C=O) groups excluding carboxylic acids is 1. The maximum atomic E-state index is 12.5. The molecule has 0 saturated heterocycles. The lowest BCUT2D eigenvalue weighted by molar-refractivity contribution is 0.0785. The van der Waals surface area contributed by atoms with Gasteiger partial charge in [0.15, 0.2) is 5.75 Å². The molecule has 0 unspecified atom stereocenters. The molecule has 0 aliphatic heterocycles.